The zero-order valence-corrected chi connectivity index (χ0v) is 22.6. The molecular weight excluding hydrogens is 537 g/mol. The molecule has 1 saturated heterocycles. The summed E-state index contributed by atoms with van der Waals surface area (Å²) in [6.07, 6.45) is 3.79. The third-order valence-corrected chi connectivity index (χ3v) is 8.50. The Balaban J connectivity index is 1.41. The summed E-state index contributed by atoms with van der Waals surface area (Å²) in [5, 5.41) is 10.6. The Morgan fingerprint density at radius 2 is 1.73 bits per heavy atom. The number of hydrogen-bond donors (Lipinski definition) is 1. The molecule has 1 unspecified atom stereocenters. The van der Waals surface area contributed by atoms with Crippen molar-refractivity contribution in [3.63, 3.8) is 0 Å². The highest BCUT2D eigenvalue weighted by Crippen LogP contribution is 2.48. The molecule has 1 atom stereocenters. The summed E-state index contributed by atoms with van der Waals surface area (Å²) in [6, 6.07) is 15.8. The number of hydrogen-bond acceptors (Lipinski definition) is 6. The third-order valence-electron chi connectivity index (χ3n) is 7.35. The Kier molecular flexibility index (Phi) is 6.75. The van der Waals surface area contributed by atoms with Gasteiger partial charge in [0.15, 0.2) is 0 Å². The van der Waals surface area contributed by atoms with E-state index in [1.165, 1.54) is 34.8 Å². The highest BCUT2D eigenvalue weighted by molar-refractivity contribution is 7.92. The molecule has 0 amide bonds. The van der Waals surface area contributed by atoms with E-state index in [0.717, 1.165) is 24.8 Å². The average molecular weight is 566 g/mol. The normalized spacial score (nSPS) is 17.3. The van der Waals surface area contributed by atoms with Crippen LogP contribution < -0.4 is 9.04 Å². The quantitative estimate of drug-likeness (QED) is 0.250. The highest BCUT2D eigenvalue weighted by Gasteiger charge is 2.34. The van der Waals surface area contributed by atoms with E-state index in [2.05, 4.69) is 0 Å². The first-order chi connectivity index (χ1) is 19.2. The van der Waals surface area contributed by atoms with E-state index < -0.39 is 16.0 Å². The molecule has 0 spiro atoms. The molecule has 0 bridgehead atoms. The first kappa shape index (κ1) is 26.3. The number of benzene rings is 3. The lowest BCUT2D eigenvalue weighted by molar-refractivity contribution is 0.0699. The van der Waals surface area contributed by atoms with Crippen molar-refractivity contribution >= 4 is 32.6 Å². The van der Waals surface area contributed by atoms with Crippen molar-refractivity contribution in [2.45, 2.75) is 25.2 Å². The van der Waals surface area contributed by atoms with Gasteiger partial charge in [-0.2, -0.15) is 0 Å². The second-order valence-corrected chi connectivity index (χ2v) is 12.3. The molecule has 2 aliphatic rings. The van der Waals surface area contributed by atoms with Gasteiger partial charge in [0.25, 0.3) is 0 Å². The van der Waals surface area contributed by atoms with Crippen LogP contribution in [0.5, 0.6) is 11.5 Å². The van der Waals surface area contributed by atoms with Crippen LogP contribution in [0.4, 0.5) is 10.1 Å². The Morgan fingerprint density at radius 1 is 1.05 bits per heavy atom. The van der Waals surface area contributed by atoms with Gasteiger partial charge in [-0.25, -0.2) is 17.6 Å². The number of carboxylic acids is 1. The predicted molar refractivity (Wildman–Crippen MR) is 148 cm³/mol. The second kappa shape index (κ2) is 10.3. The number of carboxylic acid groups (broad SMARTS) is 1. The number of carbonyl (C=O) groups is 1. The summed E-state index contributed by atoms with van der Waals surface area (Å²) in [5.74, 6) is -0.150. The number of aromatic carboxylic acids is 1. The number of halogens is 1. The van der Waals surface area contributed by atoms with Crippen LogP contribution in [0, 0.1) is 11.7 Å². The zero-order valence-electron chi connectivity index (χ0n) is 21.8. The van der Waals surface area contributed by atoms with Gasteiger partial charge in [-0.3, -0.25) is 4.31 Å². The fraction of sp³-hybridized carbons (Fsp3) is 0.300. The fourth-order valence-electron chi connectivity index (χ4n) is 5.19. The lowest BCUT2D eigenvalue weighted by Crippen LogP contribution is -2.35. The maximum atomic E-state index is 13.2. The lowest BCUT2D eigenvalue weighted by atomic mass is 10.0. The van der Waals surface area contributed by atoms with Crippen molar-refractivity contribution < 1.29 is 36.6 Å². The van der Waals surface area contributed by atoms with Gasteiger partial charge in [-0.15, -0.1) is 0 Å². The molecule has 208 valence electrons. The highest BCUT2D eigenvalue weighted by atomic mass is 32.2. The minimum Gasteiger partial charge on any atom is -0.478 e. The first-order valence-electron chi connectivity index (χ1n) is 13.1. The molecule has 1 aromatic heterocycles. The standard InChI is InChI=1S/C30H28FNO7S/c1-40(35,36)32(16-18-12-13-37-17-18)26-15-27-25(14-24(26)19-2-3-19)28(30(33)34)29(39-27)20-4-8-22(9-5-20)38-23-10-6-21(31)7-11-23/h4-11,14-15,18-19H,2-3,12-13,16-17H2,1H3,(H,33,34). The van der Waals surface area contributed by atoms with Crippen LogP contribution in [0.25, 0.3) is 22.3 Å². The molecule has 1 N–H and O–H groups in total. The van der Waals surface area contributed by atoms with Crippen molar-refractivity contribution in [1.29, 1.82) is 0 Å². The van der Waals surface area contributed by atoms with Crippen LogP contribution in [-0.2, 0) is 14.8 Å². The zero-order chi connectivity index (χ0) is 28.0. The van der Waals surface area contributed by atoms with Gasteiger partial charge in [-0.05, 0) is 85.3 Å². The smallest absolute Gasteiger partial charge is 0.340 e. The topological polar surface area (TPSA) is 106 Å². The molecular formula is C30H28FNO7S. The van der Waals surface area contributed by atoms with Gasteiger partial charge in [0.2, 0.25) is 10.0 Å². The van der Waals surface area contributed by atoms with Crippen LogP contribution >= 0.6 is 0 Å². The number of fused-ring (bicyclic) bond motifs is 1. The van der Waals surface area contributed by atoms with E-state index in [1.54, 1.807) is 36.4 Å². The van der Waals surface area contributed by atoms with Crippen molar-refractivity contribution in [2.24, 2.45) is 5.92 Å². The van der Waals surface area contributed by atoms with Crippen LogP contribution in [0.3, 0.4) is 0 Å². The summed E-state index contributed by atoms with van der Waals surface area (Å²) < 4.78 is 57.9. The molecule has 2 heterocycles. The van der Waals surface area contributed by atoms with Crippen LogP contribution in [0.15, 0.2) is 65.1 Å². The monoisotopic (exact) mass is 565 g/mol. The Morgan fingerprint density at radius 3 is 2.30 bits per heavy atom. The Bertz CT molecular complexity index is 1670. The number of furan rings is 1. The van der Waals surface area contributed by atoms with Gasteiger partial charge in [0.1, 0.15) is 34.2 Å². The number of anilines is 1. The molecule has 3 aromatic carbocycles. The molecule has 40 heavy (non-hydrogen) atoms. The molecule has 1 aliphatic heterocycles. The Hall–Kier alpha value is -3.89. The molecule has 1 aliphatic carbocycles. The van der Waals surface area contributed by atoms with Crippen LogP contribution in [0.1, 0.15) is 41.1 Å². The summed E-state index contributed by atoms with van der Waals surface area (Å²) in [7, 11) is -3.62. The maximum Gasteiger partial charge on any atom is 0.340 e. The first-order valence-corrected chi connectivity index (χ1v) is 15.0. The van der Waals surface area contributed by atoms with Gasteiger partial charge >= 0.3 is 5.97 Å². The van der Waals surface area contributed by atoms with Gasteiger partial charge in [0.05, 0.1) is 18.6 Å². The van der Waals surface area contributed by atoms with E-state index in [4.69, 9.17) is 13.9 Å². The average Bonchev–Trinajstić information content (AvgIpc) is 3.49. The molecule has 6 rings (SSSR count). The molecule has 4 aromatic rings. The molecule has 1 saturated carbocycles. The van der Waals surface area contributed by atoms with E-state index in [0.29, 0.717) is 53.5 Å². The van der Waals surface area contributed by atoms with E-state index in [9.17, 15) is 22.7 Å². The van der Waals surface area contributed by atoms with Crippen molar-refractivity contribution in [1.82, 2.24) is 0 Å². The van der Waals surface area contributed by atoms with Crippen LogP contribution in [0.2, 0.25) is 0 Å². The van der Waals surface area contributed by atoms with E-state index in [-0.39, 0.29) is 29.0 Å². The van der Waals surface area contributed by atoms with Gasteiger partial charge in [-0.1, -0.05) is 0 Å². The minimum atomic E-state index is -3.62. The summed E-state index contributed by atoms with van der Waals surface area (Å²) in [6.45, 7) is 1.40. The minimum absolute atomic E-state index is 0.0192. The maximum absolute atomic E-state index is 13.2. The van der Waals surface area contributed by atoms with Crippen LogP contribution in [-0.4, -0.2) is 45.5 Å². The molecule has 10 heteroatoms. The number of nitrogens with zero attached hydrogens (tertiary/aromatic N) is 1. The Labute approximate surface area is 231 Å². The summed E-state index contributed by atoms with van der Waals surface area (Å²) in [4.78, 5) is 12.5. The van der Waals surface area contributed by atoms with Crippen molar-refractivity contribution in [3.8, 4) is 22.8 Å². The summed E-state index contributed by atoms with van der Waals surface area (Å²) in [5.41, 5.74) is 2.19. The lowest BCUT2D eigenvalue weighted by Gasteiger charge is -2.27. The predicted octanol–water partition coefficient (Wildman–Crippen LogP) is 6.41. The van der Waals surface area contributed by atoms with E-state index in [1.807, 2.05) is 0 Å². The van der Waals surface area contributed by atoms with Gasteiger partial charge < -0.3 is 19.0 Å². The van der Waals surface area contributed by atoms with Crippen molar-refractivity contribution in [2.75, 3.05) is 30.3 Å². The second-order valence-electron chi connectivity index (χ2n) is 10.4. The van der Waals surface area contributed by atoms with E-state index >= 15 is 0 Å². The van der Waals surface area contributed by atoms with Crippen molar-refractivity contribution in [3.05, 3.63) is 77.6 Å². The molecule has 0 radical (unpaired) electrons. The summed E-state index contributed by atoms with van der Waals surface area (Å²) >= 11 is 0. The molecule has 2 fully saturated rings. The largest absolute Gasteiger partial charge is 0.478 e. The fourth-order valence-corrected chi connectivity index (χ4v) is 6.19. The number of sulfonamides is 1. The number of rotatable bonds is 9. The number of ether oxygens (including phenoxy) is 2. The third kappa shape index (κ3) is 5.29. The SMILES string of the molecule is CS(=O)(=O)N(CC1CCOC1)c1cc2oc(-c3ccc(Oc4ccc(F)cc4)cc3)c(C(=O)O)c2cc1C1CC1. The molecule has 8 nitrogen and oxygen atoms in total. The van der Waals surface area contributed by atoms with Gasteiger partial charge in [0, 0.05) is 36.1 Å².